The van der Waals surface area contributed by atoms with Gasteiger partial charge in [0.2, 0.25) is 0 Å². The third-order valence-corrected chi connectivity index (χ3v) is 4.52. The van der Waals surface area contributed by atoms with Gasteiger partial charge in [0, 0.05) is 0 Å². The predicted molar refractivity (Wildman–Crippen MR) is 92.3 cm³/mol. The number of hydrogen-bond donors (Lipinski definition) is 1. The number of hydrogen-bond acceptors (Lipinski definition) is 4. The Morgan fingerprint density at radius 1 is 1.17 bits per heavy atom. The van der Waals surface area contributed by atoms with E-state index in [2.05, 4.69) is 0 Å². The minimum Gasteiger partial charge on any atom is -0.307 e. The molecule has 1 unspecified atom stereocenters. The molecule has 2 aromatic carbocycles. The molecule has 0 spiro atoms. The maximum atomic E-state index is 13.3. The highest BCUT2D eigenvalue weighted by Crippen LogP contribution is 2.36. The van der Waals surface area contributed by atoms with Gasteiger partial charge in [0.05, 0.1) is 4.91 Å². The van der Waals surface area contributed by atoms with E-state index in [0.717, 1.165) is 22.2 Å². The lowest BCUT2D eigenvalue weighted by atomic mass is 10.1. The zero-order valence-electron chi connectivity index (χ0n) is 12.9. The molecule has 24 heavy (non-hydrogen) atoms. The molecule has 1 aliphatic heterocycles. The summed E-state index contributed by atoms with van der Waals surface area (Å²) in [5, 5.41) is -0.434. The number of benzene rings is 2. The Morgan fingerprint density at radius 3 is 2.62 bits per heavy atom. The van der Waals surface area contributed by atoms with Crippen LogP contribution in [0.1, 0.15) is 22.9 Å². The lowest BCUT2D eigenvalue weighted by molar-refractivity contribution is -0.124. The van der Waals surface area contributed by atoms with Crippen LogP contribution < -0.4 is 5.73 Å². The first-order chi connectivity index (χ1) is 11.5. The van der Waals surface area contributed by atoms with E-state index in [1.807, 2.05) is 25.1 Å². The van der Waals surface area contributed by atoms with E-state index in [0.29, 0.717) is 11.1 Å². The molecule has 0 radical (unpaired) electrons. The molecule has 0 aliphatic carbocycles. The summed E-state index contributed by atoms with van der Waals surface area (Å²) in [6, 6.07) is 13.2. The summed E-state index contributed by atoms with van der Waals surface area (Å²) in [6.07, 6.45) is 0.646. The number of amides is 2. The molecular formula is C18H15FN2O2S. The summed E-state index contributed by atoms with van der Waals surface area (Å²) < 4.78 is 13.3. The number of rotatable bonds is 3. The molecule has 6 heteroatoms. The molecule has 2 amide bonds. The lowest BCUT2D eigenvalue weighted by Crippen LogP contribution is -2.37. The maximum absolute atomic E-state index is 13.3. The first kappa shape index (κ1) is 16.4. The van der Waals surface area contributed by atoms with Gasteiger partial charge in [0.15, 0.2) is 0 Å². The van der Waals surface area contributed by atoms with Gasteiger partial charge in [0.25, 0.3) is 11.1 Å². The molecule has 1 fully saturated rings. The van der Waals surface area contributed by atoms with Crippen LogP contribution >= 0.6 is 11.8 Å². The summed E-state index contributed by atoms with van der Waals surface area (Å²) in [4.78, 5) is 26.0. The number of nitrogens with zero attached hydrogens (tertiary/aromatic N) is 1. The second-order valence-corrected chi connectivity index (χ2v) is 6.46. The first-order valence-corrected chi connectivity index (χ1v) is 8.12. The third-order valence-electron chi connectivity index (χ3n) is 3.63. The summed E-state index contributed by atoms with van der Waals surface area (Å²) >= 11 is 0.806. The Bertz CT molecular complexity index is 850. The van der Waals surface area contributed by atoms with Crippen LogP contribution in [-0.4, -0.2) is 16.0 Å². The van der Waals surface area contributed by atoms with Gasteiger partial charge >= 0.3 is 0 Å². The fourth-order valence-corrected chi connectivity index (χ4v) is 3.33. The van der Waals surface area contributed by atoms with Gasteiger partial charge in [-0.3, -0.25) is 9.59 Å². The molecule has 1 aliphatic rings. The van der Waals surface area contributed by atoms with Crippen molar-refractivity contribution in [2.45, 2.75) is 13.1 Å². The van der Waals surface area contributed by atoms with Gasteiger partial charge < -0.3 is 5.73 Å². The van der Waals surface area contributed by atoms with Crippen molar-refractivity contribution in [2.75, 3.05) is 0 Å². The van der Waals surface area contributed by atoms with E-state index >= 15 is 0 Å². The first-order valence-electron chi connectivity index (χ1n) is 7.30. The average molecular weight is 342 g/mol. The number of aryl methyl sites for hydroxylation is 1. The zero-order valence-corrected chi connectivity index (χ0v) is 13.7. The molecule has 4 nitrogen and oxygen atoms in total. The van der Waals surface area contributed by atoms with Crippen LogP contribution in [0.4, 0.5) is 9.18 Å². The fourth-order valence-electron chi connectivity index (χ4n) is 2.47. The van der Waals surface area contributed by atoms with Crippen molar-refractivity contribution >= 4 is 29.0 Å². The molecule has 1 heterocycles. The molecule has 0 aromatic heterocycles. The monoisotopic (exact) mass is 342 g/mol. The van der Waals surface area contributed by atoms with Crippen LogP contribution in [0, 0.1) is 12.7 Å². The van der Waals surface area contributed by atoms with Crippen LogP contribution in [0.15, 0.2) is 53.4 Å². The predicted octanol–water partition coefficient (Wildman–Crippen LogP) is 3.83. The summed E-state index contributed by atoms with van der Waals surface area (Å²) in [5.41, 5.74) is 8.31. The average Bonchev–Trinajstić information content (AvgIpc) is 2.81. The molecule has 0 bridgehead atoms. The molecular weight excluding hydrogens is 327 g/mol. The van der Waals surface area contributed by atoms with Crippen LogP contribution in [0.3, 0.4) is 0 Å². The van der Waals surface area contributed by atoms with Gasteiger partial charge in [-0.05, 0) is 48.0 Å². The number of halogens is 1. The molecule has 3 rings (SSSR count). The second kappa shape index (κ2) is 6.59. The Morgan fingerprint density at radius 2 is 1.92 bits per heavy atom. The lowest BCUT2D eigenvalue weighted by Gasteiger charge is -2.21. The summed E-state index contributed by atoms with van der Waals surface area (Å²) in [5.74, 6) is -0.872. The van der Waals surface area contributed by atoms with Crippen molar-refractivity contribution < 1.29 is 14.0 Å². The van der Waals surface area contributed by atoms with Crippen LogP contribution in [-0.2, 0) is 4.79 Å². The Hall–Kier alpha value is -2.44. The van der Waals surface area contributed by atoms with Gasteiger partial charge in [0.1, 0.15) is 12.0 Å². The molecule has 1 atom stereocenters. The highest BCUT2D eigenvalue weighted by molar-refractivity contribution is 8.18. The Balaban J connectivity index is 1.89. The molecule has 2 N–H and O–H groups in total. The van der Waals surface area contributed by atoms with E-state index in [4.69, 9.17) is 5.73 Å². The SMILES string of the molecule is Cc1cccc(C(N)N2C(=O)S/C(=C\c3cccc(F)c3)C2=O)c1. The molecule has 1 saturated heterocycles. The maximum Gasteiger partial charge on any atom is 0.295 e. The summed E-state index contributed by atoms with van der Waals surface area (Å²) in [6.45, 7) is 1.91. The van der Waals surface area contributed by atoms with Crippen molar-refractivity contribution in [3.63, 3.8) is 0 Å². The van der Waals surface area contributed by atoms with Crippen LogP contribution in [0.25, 0.3) is 6.08 Å². The van der Waals surface area contributed by atoms with E-state index in [-0.39, 0.29) is 4.91 Å². The largest absolute Gasteiger partial charge is 0.307 e. The van der Waals surface area contributed by atoms with Crippen LogP contribution in [0.5, 0.6) is 0 Å². The summed E-state index contributed by atoms with van der Waals surface area (Å²) in [7, 11) is 0. The number of thioether (sulfide) groups is 1. The number of imide groups is 1. The van der Waals surface area contributed by atoms with Gasteiger partial charge in [-0.2, -0.15) is 0 Å². The number of nitrogens with two attached hydrogens (primary N) is 1. The molecule has 122 valence electrons. The van der Waals surface area contributed by atoms with Crippen molar-refractivity contribution in [1.29, 1.82) is 0 Å². The number of carbonyl (C=O) groups excluding carboxylic acids is 2. The third kappa shape index (κ3) is 3.25. The van der Waals surface area contributed by atoms with Crippen molar-refractivity contribution in [2.24, 2.45) is 5.73 Å². The minimum atomic E-state index is -0.851. The second-order valence-electron chi connectivity index (χ2n) is 5.47. The number of carbonyl (C=O) groups is 2. The Labute approximate surface area is 143 Å². The van der Waals surface area contributed by atoms with E-state index in [1.54, 1.807) is 18.2 Å². The standard InChI is InChI=1S/C18H15FN2O2S/c1-11-4-2-6-13(8-11)16(20)21-17(22)15(24-18(21)23)10-12-5-3-7-14(19)9-12/h2-10,16H,20H2,1H3/b15-10-. The smallest absolute Gasteiger partial charge is 0.295 e. The highest BCUT2D eigenvalue weighted by Gasteiger charge is 2.39. The van der Waals surface area contributed by atoms with Crippen molar-refractivity contribution in [3.8, 4) is 0 Å². The van der Waals surface area contributed by atoms with Gasteiger partial charge in [-0.25, -0.2) is 9.29 Å². The van der Waals surface area contributed by atoms with E-state index < -0.39 is 23.1 Å². The molecule has 0 saturated carbocycles. The van der Waals surface area contributed by atoms with Crippen LogP contribution in [0.2, 0.25) is 0 Å². The van der Waals surface area contributed by atoms with E-state index in [9.17, 15) is 14.0 Å². The van der Waals surface area contributed by atoms with Crippen molar-refractivity contribution in [1.82, 2.24) is 4.90 Å². The van der Waals surface area contributed by atoms with Gasteiger partial charge in [-0.15, -0.1) is 0 Å². The highest BCUT2D eigenvalue weighted by atomic mass is 32.2. The molecule has 2 aromatic rings. The van der Waals surface area contributed by atoms with Gasteiger partial charge in [-0.1, -0.05) is 42.0 Å². The topological polar surface area (TPSA) is 63.4 Å². The normalized spacial score (nSPS) is 17.6. The fraction of sp³-hybridized carbons (Fsp3) is 0.111. The van der Waals surface area contributed by atoms with Crippen molar-refractivity contribution in [3.05, 3.63) is 75.9 Å². The minimum absolute atomic E-state index is 0.230. The zero-order chi connectivity index (χ0) is 17.3. The Kier molecular flexibility index (Phi) is 4.51. The quantitative estimate of drug-likeness (QED) is 0.861. The van der Waals surface area contributed by atoms with E-state index in [1.165, 1.54) is 18.2 Å².